The highest BCUT2D eigenvalue weighted by Gasteiger charge is 2.16. The largest absolute Gasteiger partial charge is 0.469 e. The van der Waals surface area contributed by atoms with Crippen LogP contribution in [0.15, 0.2) is 11.4 Å². The molecule has 0 saturated heterocycles. The van der Waals surface area contributed by atoms with Crippen molar-refractivity contribution in [2.24, 2.45) is 0 Å². The van der Waals surface area contributed by atoms with Gasteiger partial charge in [-0.2, -0.15) is 0 Å². The maximum atomic E-state index is 10.8. The van der Waals surface area contributed by atoms with Crippen LogP contribution in [0.3, 0.4) is 0 Å². The number of thiophene rings is 1. The Bertz CT molecular complexity index is 297. The summed E-state index contributed by atoms with van der Waals surface area (Å²) >= 11 is 7.08. The summed E-state index contributed by atoms with van der Waals surface area (Å²) in [4.78, 5) is 11.4. The number of hydrogen-bond donors (Lipinski definition) is 1. The Balaban J connectivity index is 2.63. The minimum absolute atomic E-state index is 0.0588. The Morgan fingerprint density at radius 1 is 1.85 bits per heavy atom. The molecule has 1 N–H and O–H groups in total. The van der Waals surface area contributed by atoms with Gasteiger partial charge in [-0.1, -0.05) is 11.6 Å². The van der Waals surface area contributed by atoms with Gasteiger partial charge in [0.15, 0.2) is 0 Å². The zero-order chi connectivity index (χ0) is 9.84. The molecule has 1 aromatic heterocycles. The average Bonchev–Trinajstić information content (AvgIpc) is 2.51. The summed E-state index contributed by atoms with van der Waals surface area (Å²) in [6.45, 7) is 0. The van der Waals surface area contributed by atoms with Crippen molar-refractivity contribution in [3.63, 3.8) is 0 Å². The normalized spacial score (nSPS) is 12.5. The van der Waals surface area contributed by atoms with Crippen molar-refractivity contribution in [1.29, 1.82) is 0 Å². The molecule has 1 aromatic rings. The maximum absolute atomic E-state index is 10.8. The maximum Gasteiger partial charge on any atom is 0.308 e. The van der Waals surface area contributed by atoms with E-state index in [4.69, 9.17) is 11.6 Å². The van der Waals surface area contributed by atoms with Crippen molar-refractivity contribution in [2.45, 2.75) is 12.5 Å². The molecule has 0 spiro atoms. The average molecular weight is 221 g/mol. The topological polar surface area (TPSA) is 46.5 Å². The van der Waals surface area contributed by atoms with Gasteiger partial charge in [-0.15, -0.1) is 11.3 Å². The van der Waals surface area contributed by atoms with Crippen molar-refractivity contribution >= 4 is 28.9 Å². The lowest BCUT2D eigenvalue weighted by Crippen LogP contribution is -2.07. The fourth-order valence-electron chi connectivity index (χ4n) is 0.877. The number of halogens is 1. The van der Waals surface area contributed by atoms with Gasteiger partial charge in [-0.05, 0) is 11.4 Å². The summed E-state index contributed by atoms with van der Waals surface area (Å²) in [5.41, 5.74) is 0. The molecule has 1 rings (SSSR count). The Labute approximate surface area is 84.9 Å². The second-order valence-corrected chi connectivity index (χ2v) is 3.78. The smallest absolute Gasteiger partial charge is 0.308 e. The first-order valence-electron chi connectivity index (χ1n) is 3.63. The summed E-state index contributed by atoms with van der Waals surface area (Å²) in [5, 5.41) is 11.8. The van der Waals surface area contributed by atoms with E-state index in [1.807, 2.05) is 0 Å². The molecule has 13 heavy (non-hydrogen) atoms. The van der Waals surface area contributed by atoms with E-state index in [0.717, 1.165) is 0 Å². The molecule has 1 unspecified atom stereocenters. The minimum atomic E-state index is -0.861. The fourth-order valence-corrected chi connectivity index (χ4v) is 2.05. The van der Waals surface area contributed by atoms with Crippen LogP contribution in [0.2, 0.25) is 5.02 Å². The lowest BCUT2D eigenvalue weighted by atomic mass is 10.2. The number of aliphatic hydroxyl groups is 1. The molecule has 3 nitrogen and oxygen atoms in total. The summed E-state index contributed by atoms with van der Waals surface area (Å²) in [7, 11) is 1.28. The number of rotatable bonds is 3. The Morgan fingerprint density at radius 2 is 2.54 bits per heavy atom. The van der Waals surface area contributed by atoms with Crippen molar-refractivity contribution in [1.82, 2.24) is 0 Å². The van der Waals surface area contributed by atoms with Gasteiger partial charge in [-0.3, -0.25) is 4.79 Å². The van der Waals surface area contributed by atoms with Crippen molar-refractivity contribution in [3.8, 4) is 0 Å². The van der Waals surface area contributed by atoms with Crippen LogP contribution in [0.1, 0.15) is 17.4 Å². The molecular formula is C8H9ClO3S. The fraction of sp³-hybridized carbons (Fsp3) is 0.375. The van der Waals surface area contributed by atoms with Crippen LogP contribution in [0.5, 0.6) is 0 Å². The van der Waals surface area contributed by atoms with Crippen LogP contribution < -0.4 is 0 Å². The lowest BCUT2D eigenvalue weighted by molar-refractivity contribution is -0.142. The van der Waals surface area contributed by atoms with E-state index < -0.39 is 12.1 Å². The van der Waals surface area contributed by atoms with Gasteiger partial charge >= 0.3 is 5.97 Å². The number of esters is 1. The molecule has 0 aliphatic carbocycles. The van der Waals surface area contributed by atoms with Crippen LogP contribution in [0.25, 0.3) is 0 Å². The van der Waals surface area contributed by atoms with Gasteiger partial charge in [0.25, 0.3) is 0 Å². The summed E-state index contributed by atoms with van der Waals surface area (Å²) in [5.74, 6) is -0.447. The van der Waals surface area contributed by atoms with Crippen LogP contribution in [0, 0.1) is 0 Å². The SMILES string of the molecule is COC(=O)CC(O)c1sccc1Cl. The zero-order valence-electron chi connectivity index (χ0n) is 6.99. The predicted octanol–water partition coefficient (Wildman–Crippen LogP) is 2.00. The van der Waals surface area contributed by atoms with E-state index in [0.29, 0.717) is 9.90 Å². The summed E-state index contributed by atoms with van der Waals surface area (Å²) in [6.07, 6.45) is -0.920. The number of methoxy groups -OCH3 is 1. The van der Waals surface area contributed by atoms with Gasteiger partial charge in [0.2, 0.25) is 0 Å². The molecule has 0 fully saturated rings. The number of carbonyl (C=O) groups excluding carboxylic acids is 1. The van der Waals surface area contributed by atoms with E-state index in [1.54, 1.807) is 11.4 Å². The first-order valence-corrected chi connectivity index (χ1v) is 4.88. The van der Waals surface area contributed by atoms with Crippen LogP contribution in [-0.2, 0) is 9.53 Å². The molecule has 0 aliphatic heterocycles. The van der Waals surface area contributed by atoms with Gasteiger partial charge in [0, 0.05) is 0 Å². The minimum Gasteiger partial charge on any atom is -0.469 e. The second kappa shape index (κ2) is 4.60. The van der Waals surface area contributed by atoms with Gasteiger partial charge in [0.1, 0.15) is 6.10 Å². The van der Waals surface area contributed by atoms with Gasteiger partial charge in [0.05, 0.1) is 23.4 Å². The highest BCUT2D eigenvalue weighted by Crippen LogP contribution is 2.30. The molecule has 0 radical (unpaired) electrons. The summed E-state index contributed by atoms with van der Waals surface area (Å²) in [6, 6.07) is 1.68. The zero-order valence-corrected chi connectivity index (χ0v) is 8.56. The van der Waals surface area contributed by atoms with Crippen molar-refractivity contribution in [2.75, 3.05) is 7.11 Å². The molecular weight excluding hydrogens is 212 g/mol. The number of hydrogen-bond acceptors (Lipinski definition) is 4. The van der Waals surface area contributed by atoms with E-state index >= 15 is 0 Å². The van der Waals surface area contributed by atoms with Gasteiger partial charge < -0.3 is 9.84 Å². The molecule has 1 atom stereocenters. The molecule has 1 heterocycles. The third kappa shape index (κ3) is 2.69. The van der Waals surface area contributed by atoms with Gasteiger partial charge in [-0.25, -0.2) is 0 Å². The quantitative estimate of drug-likeness (QED) is 0.793. The Kier molecular flexibility index (Phi) is 3.71. The molecule has 0 aliphatic rings. The third-order valence-corrected chi connectivity index (χ3v) is 2.99. The number of carbonyl (C=O) groups is 1. The standard InChI is InChI=1S/C8H9ClO3S/c1-12-7(11)4-6(10)8-5(9)2-3-13-8/h2-3,6,10H,4H2,1H3. The third-order valence-electron chi connectivity index (χ3n) is 1.54. The predicted molar refractivity (Wildman–Crippen MR) is 50.9 cm³/mol. The van der Waals surface area contributed by atoms with E-state index in [1.165, 1.54) is 18.4 Å². The molecule has 0 saturated carbocycles. The number of aliphatic hydroxyl groups excluding tert-OH is 1. The number of ether oxygens (including phenoxy) is 1. The second-order valence-electron chi connectivity index (χ2n) is 2.43. The monoisotopic (exact) mass is 220 g/mol. The van der Waals surface area contributed by atoms with Crippen LogP contribution in [-0.4, -0.2) is 18.2 Å². The summed E-state index contributed by atoms with van der Waals surface area (Å²) < 4.78 is 4.42. The molecule has 0 bridgehead atoms. The highest BCUT2D eigenvalue weighted by molar-refractivity contribution is 7.10. The first-order chi connectivity index (χ1) is 6.15. The van der Waals surface area contributed by atoms with Crippen molar-refractivity contribution < 1.29 is 14.6 Å². The van der Waals surface area contributed by atoms with E-state index in [9.17, 15) is 9.90 Å². The molecule has 0 aromatic carbocycles. The van der Waals surface area contributed by atoms with E-state index in [-0.39, 0.29) is 6.42 Å². The molecule has 0 amide bonds. The van der Waals surface area contributed by atoms with Crippen molar-refractivity contribution in [3.05, 3.63) is 21.3 Å². The van der Waals surface area contributed by atoms with Crippen LogP contribution in [0.4, 0.5) is 0 Å². The Morgan fingerprint density at radius 3 is 3.00 bits per heavy atom. The molecule has 5 heteroatoms. The molecule has 72 valence electrons. The van der Waals surface area contributed by atoms with Crippen LogP contribution >= 0.6 is 22.9 Å². The Hall–Kier alpha value is -0.580. The highest BCUT2D eigenvalue weighted by atomic mass is 35.5. The lowest BCUT2D eigenvalue weighted by Gasteiger charge is -2.06. The first kappa shape index (κ1) is 10.5. The van der Waals surface area contributed by atoms with E-state index in [2.05, 4.69) is 4.74 Å².